The molecule has 1 N–H and O–H groups in total. The highest BCUT2D eigenvalue weighted by Gasteiger charge is 2.32. The number of carbonyl (C=O) groups is 2. The number of aromatic nitrogens is 2. The predicted octanol–water partition coefficient (Wildman–Crippen LogP) is 5.80. The summed E-state index contributed by atoms with van der Waals surface area (Å²) in [4.78, 5) is 30.4. The van der Waals surface area contributed by atoms with Crippen molar-refractivity contribution in [1.82, 2.24) is 14.3 Å². The smallest absolute Gasteiger partial charge is 0.337 e. The fourth-order valence-corrected chi connectivity index (χ4v) is 5.75. The molecule has 0 spiro atoms. The second kappa shape index (κ2) is 13.8. The highest BCUT2D eigenvalue weighted by Crippen LogP contribution is 2.35. The SMILES string of the molecule is COC(=O)c1cc(C)c(C(OC(=O)C(NS(=O)Oc2ccc(C)cc2)C(C)C)c2cc(-n3ccnc3)ccc2C)c(C)c1. The van der Waals surface area contributed by atoms with Crippen LogP contribution in [0.1, 0.15) is 63.7 Å². The fraction of sp³-hybridized carbons (Fsp3) is 0.303. The summed E-state index contributed by atoms with van der Waals surface area (Å²) < 4.78 is 34.4. The Morgan fingerprint density at radius 2 is 1.60 bits per heavy atom. The maximum Gasteiger partial charge on any atom is 0.337 e. The van der Waals surface area contributed by atoms with E-state index in [1.807, 2.05) is 82.6 Å². The van der Waals surface area contributed by atoms with Crippen LogP contribution in [0.4, 0.5) is 0 Å². The van der Waals surface area contributed by atoms with E-state index in [-0.39, 0.29) is 5.92 Å². The monoisotopic (exact) mass is 603 g/mol. The first-order valence-electron chi connectivity index (χ1n) is 13.9. The number of benzene rings is 3. The van der Waals surface area contributed by atoms with Gasteiger partial charge in [0.25, 0.3) is 11.3 Å². The number of methoxy groups -OCH3 is 1. The van der Waals surface area contributed by atoms with E-state index in [9.17, 15) is 13.8 Å². The van der Waals surface area contributed by atoms with Crippen LogP contribution < -0.4 is 8.91 Å². The van der Waals surface area contributed by atoms with E-state index in [2.05, 4.69) is 9.71 Å². The van der Waals surface area contributed by atoms with Crippen LogP contribution in [0.15, 0.2) is 73.3 Å². The highest BCUT2D eigenvalue weighted by atomic mass is 32.2. The Morgan fingerprint density at radius 3 is 2.19 bits per heavy atom. The standard InChI is InChI=1S/C33H37N3O6S/c1-20(2)30(35-43(39)42-27-12-8-21(3)9-13-27)33(38)41-31(29-23(5)16-25(17-24(29)6)32(37)40-7)28-18-26(11-10-22(28)4)36-15-14-34-19-36/h8-20,30-31,35H,1-7H3. The lowest BCUT2D eigenvalue weighted by Crippen LogP contribution is -2.44. The van der Waals surface area contributed by atoms with Gasteiger partial charge in [0, 0.05) is 29.2 Å². The van der Waals surface area contributed by atoms with Crippen LogP contribution >= 0.6 is 0 Å². The van der Waals surface area contributed by atoms with Gasteiger partial charge in [-0.3, -0.25) is 4.79 Å². The van der Waals surface area contributed by atoms with Crippen molar-refractivity contribution in [2.45, 2.75) is 53.7 Å². The lowest BCUT2D eigenvalue weighted by atomic mass is 9.89. The largest absolute Gasteiger partial charge is 0.465 e. The van der Waals surface area contributed by atoms with E-state index in [0.717, 1.165) is 39.1 Å². The Bertz CT molecular complexity index is 1590. The third kappa shape index (κ3) is 7.57. The summed E-state index contributed by atoms with van der Waals surface area (Å²) >= 11 is -2.01. The van der Waals surface area contributed by atoms with Crippen molar-refractivity contribution in [3.05, 3.63) is 112 Å². The number of nitrogens with one attached hydrogen (secondary N) is 1. The summed E-state index contributed by atoms with van der Waals surface area (Å²) in [6.07, 6.45) is 4.38. The average molecular weight is 604 g/mol. The van der Waals surface area contributed by atoms with Crippen LogP contribution in [-0.4, -0.2) is 38.9 Å². The Kier molecular flexibility index (Phi) is 10.2. The lowest BCUT2D eigenvalue weighted by molar-refractivity contribution is -0.150. The zero-order valence-corrected chi connectivity index (χ0v) is 26.2. The van der Waals surface area contributed by atoms with Crippen LogP contribution in [0.2, 0.25) is 0 Å². The molecule has 1 aromatic heterocycles. The van der Waals surface area contributed by atoms with E-state index >= 15 is 0 Å². The van der Waals surface area contributed by atoms with Gasteiger partial charge in [-0.2, -0.15) is 8.93 Å². The quantitative estimate of drug-likeness (QED) is 0.216. The average Bonchev–Trinajstić information content (AvgIpc) is 3.51. The Labute approximate surface area is 255 Å². The molecule has 0 radical (unpaired) electrons. The number of esters is 2. The molecule has 1 heterocycles. The summed E-state index contributed by atoms with van der Waals surface area (Å²) in [7, 11) is 1.34. The molecule has 3 aromatic carbocycles. The first-order chi connectivity index (χ1) is 20.5. The van der Waals surface area contributed by atoms with Gasteiger partial charge in [0.2, 0.25) is 0 Å². The molecule has 0 saturated heterocycles. The third-order valence-electron chi connectivity index (χ3n) is 7.20. The van der Waals surface area contributed by atoms with Gasteiger partial charge >= 0.3 is 11.9 Å². The second-order valence-corrected chi connectivity index (χ2v) is 11.7. The van der Waals surface area contributed by atoms with Crippen LogP contribution in [0.5, 0.6) is 5.75 Å². The van der Waals surface area contributed by atoms with Crippen LogP contribution in [0, 0.1) is 33.6 Å². The number of nitrogens with zero attached hydrogens (tertiary/aromatic N) is 2. The summed E-state index contributed by atoms with van der Waals surface area (Å²) in [6.45, 7) is 11.3. The molecule has 0 fully saturated rings. The molecule has 43 heavy (non-hydrogen) atoms. The van der Waals surface area contributed by atoms with Gasteiger partial charge < -0.3 is 18.2 Å². The summed E-state index contributed by atoms with van der Waals surface area (Å²) in [5.74, 6) is -0.913. The van der Waals surface area contributed by atoms with Crippen molar-refractivity contribution < 1.29 is 27.5 Å². The normalized spacial score (nSPS) is 13.3. The number of hydrogen-bond acceptors (Lipinski definition) is 7. The van der Waals surface area contributed by atoms with Crippen LogP contribution in [0.3, 0.4) is 0 Å². The van der Waals surface area contributed by atoms with Gasteiger partial charge in [0.05, 0.1) is 19.0 Å². The predicted molar refractivity (Wildman–Crippen MR) is 165 cm³/mol. The van der Waals surface area contributed by atoms with Crippen molar-refractivity contribution in [2.24, 2.45) is 5.92 Å². The van der Waals surface area contributed by atoms with E-state index in [1.165, 1.54) is 7.11 Å². The topological polar surface area (TPSA) is 109 Å². The van der Waals surface area contributed by atoms with Crippen molar-refractivity contribution >= 4 is 23.2 Å². The first kappa shape index (κ1) is 31.7. The molecule has 0 amide bonds. The number of imidazole rings is 1. The van der Waals surface area contributed by atoms with Gasteiger partial charge in [0.15, 0.2) is 6.10 Å². The molecule has 0 saturated carbocycles. The minimum Gasteiger partial charge on any atom is -0.465 e. The Balaban J connectivity index is 1.72. The van der Waals surface area contributed by atoms with Crippen molar-refractivity contribution in [3.8, 4) is 11.4 Å². The number of ether oxygens (including phenoxy) is 2. The molecular formula is C33H37N3O6S. The summed E-state index contributed by atoms with van der Waals surface area (Å²) in [5.41, 5.74) is 6.20. The number of carbonyl (C=O) groups excluding carboxylic acids is 2. The number of hydrogen-bond donors (Lipinski definition) is 1. The molecule has 0 aliphatic heterocycles. The summed E-state index contributed by atoms with van der Waals surface area (Å²) in [5, 5.41) is 0. The van der Waals surface area contributed by atoms with E-state index in [4.69, 9.17) is 13.7 Å². The molecule has 0 aliphatic rings. The van der Waals surface area contributed by atoms with Gasteiger partial charge in [-0.25, -0.2) is 9.78 Å². The Hall–Kier alpha value is -4.28. The molecule has 3 atom stereocenters. The molecule has 9 nitrogen and oxygen atoms in total. The minimum absolute atomic E-state index is 0.277. The molecule has 10 heteroatoms. The molecule has 3 unspecified atom stereocenters. The maximum absolute atomic E-state index is 13.9. The van der Waals surface area contributed by atoms with Gasteiger partial charge in [-0.1, -0.05) is 37.6 Å². The zero-order valence-electron chi connectivity index (χ0n) is 25.4. The third-order valence-corrected chi connectivity index (χ3v) is 7.99. The minimum atomic E-state index is -2.01. The van der Waals surface area contributed by atoms with Gasteiger partial charge in [0.1, 0.15) is 11.8 Å². The molecule has 0 bridgehead atoms. The molecular weight excluding hydrogens is 566 g/mol. The van der Waals surface area contributed by atoms with Crippen LogP contribution in [0.25, 0.3) is 5.69 Å². The number of rotatable bonds is 11. The molecule has 0 aliphatic carbocycles. The molecule has 226 valence electrons. The van der Waals surface area contributed by atoms with Crippen LogP contribution in [-0.2, 0) is 25.5 Å². The molecule has 4 aromatic rings. The zero-order chi connectivity index (χ0) is 31.3. The van der Waals surface area contributed by atoms with Crippen molar-refractivity contribution in [2.75, 3.05) is 7.11 Å². The second-order valence-electron chi connectivity index (χ2n) is 10.8. The lowest BCUT2D eigenvalue weighted by Gasteiger charge is -2.28. The number of aryl methyl sites for hydroxylation is 4. The fourth-order valence-electron chi connectivity index (χ4n) is 4.84. The van der Waals surface area contributed by atoms with E-state index in [1.54, 1.807) is 36.8 Å². The van der Waals surface area contributed by atoms with Gasteiger partial charge in [-0.05, 0) is 86.7 Å². The molecule has 4 rings (SSSR count). The summed E-state index contributed by atoms with van der Waals surface area (Å²) in [6, 6.07) is 15.5. The van der Waals surface area contributed by atoms with Crippen molar-refractivity contribution in [1.29, 1.82) is 0 Å². The van der Waals surface area contributed by atoms with E-state index < -0.39 is 35.4 Å². The maximum atomic E-state index is 13.9. The van der Waals surface area contributed by atoms with Crippen molar-refractivity contribution in [3.63, 3.8) is 0 Å². The van der Waals surface area contributed by atoms with Gasteiger partial charge in [-0.15, -0.1) is 0 Å². The van der Waals surface area contributed by atoms with E-state index in [0.29, 0.717) is 11.3 Å². The highest BCUT2D eigenvalue weighted by molar-refractivity contribution is 7.78. The Morgan fingerprint density at radius 1 is 0.930 bits per heavy atom. The first-order valence-corrected chi connectivity index (χ1v) is 15.0.